The predicted molar refractivity (Wildman–Crippen MR) is 138 cm³/mol. The molecule has 5 fully saturated rings. The summed E-state index contributed by atoms with van der Waals surface area (Å²) < 4.78 is 17.1. The number of carbonyl (C=O) groups is 2. The Kier molecular flexibility index (Phi) is 9.04. The molecular weight excluding hydrogens is 474 g/mol. The molecule has 0 aromatic heterocycles. The first-order valence-electron chi connectivity index (χ1n) is 14.5. The molecule has 210 valence electrons. The molecule has 2 amide bonds. The van der Waals surface area contributed by atoms with Gasteiger partial charge in [-0.15, -0.1) is 0 Å². The summed E-state index contributed by atoms with van der Waals surface area (Å²) in [5, 5.41) is 6.92. The largest absolute Gasteiger partial charge is 0.379 e. The predicted octanol–water partition coefficient (Wildman–Crippen LogP) is 0.993. The van der Waals surface area contributed by atoms with E-state index in [4.69, 9.17) is 19.9 Å². The van der Waals surface area contributed by atoms with Crippen molar-refractivity contribution in [3.63, 3.8) is 0 Å². The number of hydrogen-bond donors (Lipinski definition) is 3. The van der Waals surface area contributed by atoms with Gasteiger partial charge in [-0.25, -0.2) is 0 Å². The van der Waals surface area contributed by atoms with E-state index in [0.717, 1.165) is 70.9 Å². The van der Waals surface area contributed by atoms with Gasteiger partial charge in [-0.05, 0) is 70.1 Å². The summed E-state index contributed by atoms with van der Waals surface area (Å²) in [5.41, 5.74) is 6.82. The zero-order valence-electron chi connectivity index (χ0n) is 22.6. The molecule has 1 saturated carbocycles. The SMILES string of the molecule is COC1CCC(CCNC(=O)C2CC3C(=O)N4CCCCC4NC3N(CC3CCCO3)C2N)CC1OC. The van der Waals surface area contributed by atoms with Gasteiger partial charge in [-0.2, -0.15) is 0 Å². The van der Waals surface area contributed by atoms with Gasteiger partial charge in [0.1, 0.15) is 0 Å². The molecule has 0 aromatic rings. The Morgan fingerprint density at radius 3 is 2.70 bits per heavy atom. The molecule has 9 atom stereocenters. The van der Waals surface area contributed by atoms with Gasteiger partial charge in [-0.1, -0.05) is 0 Å². The second-order valence-corrected chi connectivity index (χ2v) is 11.7. The summed E-state index contributed by atoms with van der Waals surface area (Å²) >= 11 is 0. The van der Waals surface area contributed by atoms with Gasteiger partial charge in [0, 0.05) is 40.5 Å². The van der Waals surface area contributed by atoms with Crippen LogP contribution in [-0.2, 0) is 23.8 Å². The fourth-order valence-corrected chi connectivity index (χ4v) is 7.43. The third-order valence-electron chi connectivity index (χ3n) is 9.58. The molecule has 0 spiro atoms. The van der Waals surface area contributed by atoms with Crippen LogP contribution in [0.2, 0.25) is 0 Å². The standard InChI is InChI=1S/C27H47N5O5/c1-35-21-9-8-17(14-22(21)36-2)10-11-29-26(33)19-15-20-25(30-23-7-3-4-12-31(23)27(20)34)32(24(19)28)16-18-6-5-13-37-18/h17-25,30H,3-16,28H2,1-2H3,(H,29,33). The molecule has 4 aliphatic heterocycles. The van der Waals surface area contributed by atoms with Crippen LogP contribution in [0.3, 0.4) is 0 Å². The minimum atomic E-state index is -0.448. The highest BCUT2D eigenvalue weighted by Crippen LogP contribution is 2.37. The highest BCUT2D eigenvalue weighted by molar-refractivity contribution is 5.84. The Morgan fingerprint density at radius 1 is 1.11 bits per heavy atom. The Hall–Kier alpha value is -1.30. The smallest absolute Gasteiger partial charge is 0.229 e. The monoisotopic (exact) mass is 521 g/mol. The average Bonchev–Trinajstić information content (AvgIpc) is 3.43. The van der Waals surface area contributed by atoms with Crippen molar-refractivity contribution in [1.82, 2.24) is 20.4 Å². The maximum atomic E-state index is 13.6. The van der Waals surface area contributed by atoms with Crippen LogP contribution in [0, 0.1) is 17.8 Å². The molecule has 0 aromatic carbocycles. The molecule has 5 rings (SSSR count). The van der Waals surface area contributed by atoms with E-state index in [1.807, 2.05) is 4.90 Å². The molecule has 10 heteroatoms. The van der Waals surface area contributed by atoms with E-state index in [9.17, 15) is 9.59 Å². The van der Waals surface area contributed by atoms with Gasteiger partial charge in [0.25, 0.3) is 0 Å². The van der Waals surface area contributed by atoms with Crippen LogP contribution >= 0.6 is 0 Å². The zero-order chi connectivity index (χ0) is 25.9. The van der Waals surface area contributed by atoms with Crippen molar-refractivity contribution < 1.29 is 23.8 Å². The lowest BCUT2D eigenvalue weighted by atomic mass is 9.80. The van der Waals surface area contributed by atoms with Crippen molar-refractivity contribution in [3.8, 4) is 0 Å². The molecule has 4 saturated heterocycles. The fourth-order valence-electron chi connectivity index (χ4n) is 7.43. The van der Waals surface area contributed by atoms with Crippen LogP contribution in [0.15, 0.2) is 0 Å². The molecule has 10 nitrogen and oxygen atoms in total. The number of rotatable bonds is 8. The lowest BCUT2D eigenvalue weighted by molar-refractivity contribution is -0.164. The van der Waals surface area contributed by atoms with Crippen molar-refractivity contribution in [1.29, 1.82) is 0 Å². The minimum absolute atomic E-state index is 0.0364. The van der Waals surface area contributed by atoms with Crippen LogP contribution in [0.5, 0.6) is 0 Å². The first-order valence-corrected chi connectivity index (χ1v) is 14.5. The third-order valence-corrected chi connectivity index (χ3v) is 9.58. The summed E-state index contributed by atoms with van der Waals surface area (Å²) in [5.74, 6) is -0.0530. The maximum absolute atomic E-state index is 13.6. The minimum Gasteiger partial charge on any atom is -0.379 e. The first kappa shape index (κ1) is 27.3. The van der Waals surface area contributed by atoms with Crippen LogP contribution < -0.4 is 16.4 Å². The van der Waals surface area contributed by atoms with Gasteiger partial charge in [-0.3, -0.25) is 19.8 Å². The van der Waals surface area contributed by atoms with E-state index < -0.39 is 12.1 Å². The van der Waals surface area contributed by atoms with Gasteiger partial charge in [0.15, 0.2) is 0 Å². The number of amides is 2. The molecule has 37 heavy (non-hydrogen) atoms. The second-order valence-electron chi connectivity index (χ2n) is 11.7. The van der Waals surface area contributed by atoms with Crippen molar-refractivity contribution >= 4 is 11.8 Å². The van der Waals surface area contributed by atoms with Gasteiger partial charge < -0.3 is 30.2 Å². The zero-order valence-corrected chi connectivity index (χ0v) is 22.6. The molecule has 4 heterocycles. The Morgan fingerprint density at radius 2 is 1.95 bits per heavy atom. The van der Waals surface area contributed by atoms with Crippen LogP contribution in [0.25, 0.3) is 0 Å². The number of likely N-dealkylation sites (tertiary alicyclic amines) is 1. The molecule has 9 unspecified atom stereocenters. The fraction of sp³-hybridized carbons (Fsp3) is 0.926. The number of nitrogens with zero attached hydrogens (tertiary/aromatic N) is 2. The molecule has 0 bridgehead atoms. The number of nitrogens with two attached hydrogens (primary N) is 1. The highest BCUT2D eigenvalue weighted by Gasteiger charge is 2.52. The summed E-state index contributed by atoms with van der Waals surface area (Å²) in [6.07, 6.45) is 9.42. The molecular formula is C27H47N5O5. The van der Waals surface area contributed by atoms with Crippen LogP contribution in [0.4, 0.5) is 0 Å². The van der Waals surface area contributed by atoms with E-state index >= 15 is 0 Å². The average molecular weight is 522 g/mol. The lowest BCUT2D eigenvalue weighted by Gasteiger charge is -2.55. The van der Waals surface area contributed by atoms with Crippen molar-refractivity contribution in [2.24, 2.45) is 23.5 Å². The topological polar surface area (TPSA) is 118 Å². The Bertz CT molecular complexity index is 795. The number of ether oxygens (including phenoxy) is 3. The summed E-state index contributed by atoms with van der Waals surface area (Å²) in [4.78, 5) is 31.3. The maximum Gasteiger partial charge on any atom is 0.229 e. The number of fused-ring (bicyclic) bond motifs is 2. The third kappa shape index (κ3) is 5.84. The number of carbonyl (C=O) groups excluding carboxylic acids is 2. The number of hydrogen-bond acceptors (Lipinski definition) is 8. The van der Waals surface area contributed by atoms with E-state index in [2.05, 4.69) is 15.5 Å². The Labute approximate surface area is 221 Å². The van der Waals surface area contributed by atoms with E-state index in [-0.39, 0.29) is 48.4 Å². The van der Waals surface area contributed by atoms with Crippen LogP contribution in [-0.4, -0.2) is 98.9 Å². The summed E-state index contributed by atoms with van der Waals surface area (Å²) in [6.45, 7) is 2.83. The van der Waals surface area contributed by atoms with Gasteiger partial charge in [0.2, 0.25) is 11.8 Å². The van der Waals surface area contributed by atoms with E-state index in [1.54, 1.807) is 14.2 Å². The molecule has 1 aliphatic carbocycles. The quantitative estimate of drug-likeness (QED) is 0.433. The second kappa shape index (κ2) is 12.3. The summed E-state index contributed by atoms with van der Waals surface area (Å²) in [7, 11) is 3.49. The van der Waals surface area contributed by atoms with Crippen molar-refractivity contribution in [2.75, 3.05) is 40.5 Å². The first-order chi connectivity index (χ1) is 18.0. The summed E-state index contributed by atoms with van der Waals surface area (Å²) in [6, 6.07) is 0. The lowest BCUT2D eigenvalue weighted by Crippen LogP contribution is -2.75. The molecule has 4 N–H and O–H groups in total. The molecule has 5 aliphatic rings. The van der Waals surface area contributed by atoms with Gasteiger partial charge in [0.05, 0.1) is 48.6 Å². The van der Waals surface area contributed by atoms with Crippen molar-refractivity contribution in [2.45, 2.75) is 101 Å². The van der Waals surface area contributed by atoms with E-state index in [0.29, 0.717) is 25.4 Å². The molecule has 0 radical (unpaired) electrons. The number of methoxy groups -OCH3 is 2. The number of piperidine rings is 2. The van der Waals surface area contributed by atoms with E-state index in [1.165, 1.54) is 0 Å². The Balaban J connectivity index is 1.22. The normalized spacial score (nSPS) is 40.8. The highest BCUT2D eigenvalue weighted by atomic mass is 16.5. The number of nitrogens with one attached hydrogen (secondary N) is 2. The van der Waals surface area contributed by atoms with Crippen LogP contribution in [0.1, 0.15) is 64.2 Å². The van der Waals surface area contributed by atoms with Crippen molar-refractivity contribution in [3.05, 3.63) is 0 Å². The van der Waals surface area contributed by atoms with Gasteiger partial charge >= 0.3 is 0 Å².